The van der Waals surface area contributed by atoms with Gasteiger partial charge in [-0.2, -0.15) is 10.2 Å². The first-order chi connectivity index (χ1) is 13.7. The molecule has 6 heteroatoms. The van der Waals surface area contributed by atoms with E-state index >= 15 is 0 Å². The van der Waals surface area contributed by atoms with E-state index in [9.17, 15) is 4.79 Å². The van der Waals surface area contributed by atoms with E-state index in [1.165, 1.54) is 5.56 Å². The Morgan fingerprint density at radius 2 is 1.96 bits per heavy atom. The lowest BCUT2D eigenvalue weighted by Crippen LogP contribution is -2.18. The largest absolute Gasteiger partial charge is 0.358 e. The summed E-state index contributed by atoms with van der Waals surface area (Å²) in [5.74, 6) is -0.335. The minimum atomic E-state index is -0.335. The van der Waals surface area contributed by atoms with Crippen LogP contribution >= 0.6 is 0 Å². The Morgan fingerprint density at radius 1 is 1.18 bits per heavy atom. The molecule has 1 amide bonds. The predicted octanol–water partition coefficient (Wildman–Crippen LogP) is 4.19. The number of nitrogens with zero attached hydrogens (tertiary/aromatic N) is 2. The van der Waals surface area contributed by atoms with Crippen molar-refractivity contribution in [3.63, 3.8) is 0 Å². The second-order valence-corrected chi connectivity index (χ2v) is 6.63. The van der Waals surface area contributed by atoms with E-state index in [0.29, 0.717) is 5.69 Å². The number of carbonyl (C=O) groups excluding carboxylic acids is 1. The van der Waals surface area contributed by atoms with Crippen LogP contribution in [0.2, 0.25) is 0 Å². The Balaban J connectivity index is 1.47. The molecule has 4 aromatic rings. The summed E-state index contributed by atoms with van der Waals surface area (Å²) in [5.41, 5.74) is 8.87. The molecule has 0 bridgehead atoms. The molecule has 2 aromatic heterocycles. The number of hydrogen-bond donors (Lipinski definition) is 3. The first-order valence-corrected chi connectivity index (χ1v) is 9.21. The van der Waals surface area contributed by atoms with Crippen molar-refractivity contribution in [1.82, 2.24) is 20.6 Å². The van der Waals surface area contributed by atoms with E-state index in [2.05, 4.69) is 44.8 Å². The maximum absolute atomic E-state index is 12.4. The van der Waals surface area contributed by atoms with Gasteiger partial charge >= 0.3 is 0 Å². The van der Waals surface area contributed by atoms with Crippen LogP contribution < -0.4 is 5.43 Å². The molecule has 0 fully saturated rings. The van der Waals surface area contributed by atoms with Crippen molar-refractivity contribution >= 4 is 23.0 Å². The number of hydrogen-bond acceptors (Lipinski definition) is 3. The monoisotopic (exact) mass is 371 g/mol. The van der Waals surface area contributed by atoms with Gasteiger partial charge in [0.1, 0.15) is 5.69 Å². The van der Waals surface area contributed by atoms with E-state index in [-0.39, 0.29) is 5.91 Å². The summed E-state index contributed by atoms with van der Waals surface area (Å²) in [6, 6.07) is 17.9. The van der Waals surface area contributed by atoms with Crippen molar-refractivity contribution in [2.75, 3.05) is 0 Å². The number of benzene rings is 2. The molecular weight excluding hydrogens is 350 g/mol. The molecule has 6 nitrogen and oxygen atoms in total. The van der Waals surface area contributed by atoms with Crippen LogP contribution in [0, 0.1) is 6.92 Å². The van der Waals surface area contributed by atoms with Crippen molar-refractivity contribution in [3.8, 4) is 11.3 Å². The van der Waals surface area contributed by atoms with Gasteiger partial charge in [-0.1, -0.05) is 49.4 Å². The predicted molar refractivity (Wildman–Crippen MR) is 111 cm³/mol. The first-order valence-electron chi connectivity index (χ1n) is 9.21. The fourth-order valence-electron chi connectivity index (χ4n) is 3.18. The highest BCUT2D eigenvalue weighted by Gasteiger charge is 2.11. The second-order valence-electron chi connectivity index (χ2n) is 6.63. The Labute approximate surface area is 162 Å². The van der Waals surface area contributed by atoms with Crippen molar-refractivity contribution in [1.29, 1.82) is 0 Å². The topological polar surface area (TPSA) is 85.9 Å². The maximum Gasteiger partial charge on any atom is 0.289 e. The number of H-pyrrole nitrogens is 2. The van der Waals surface area contributed by atoms with Gasteiger partial charge in [0.25, 0.3) is 5.91 Å². The van der Waals surface area contributed by atoms with Gasteiger partial charge in [0.05, 0.1) is 11.9 Å². The number of aromatic nitrogens is 3. The van der Waals surface area contributed by atoms with Crippen LogP contribution in [0.3, 0.4) is 0 Å². The smallest absolute Gasteiger partial charge is 0.289 e. The highest BCUT2D eigenvalue weighted by atomic mass is 16.2. The van der Waals surface area contributed by atoms with Crippen molar-refractivity contribution in [2.45, 2.75) is 20.3 Å². The van der Waals surface area contributed by atoms with Crippen LogP contribution in [-0.4, -0.2) is 27.3 Å². The molecule has 0 saturated heterocycles. The first kappa shape index (κ1) is 17.7. The van der Waals surface area contributed by atoms with Crippen molar-refractivity contribution < 1.29 is 4.79 Å². The molecule has 0 aliphatic carbocycles. The van der Waals surface area contributed by atoms with Crippen LogP contribution in [-0.2, 0) is 6.42 Å². The number of aryl methyl sites for hydroxylation is 2. The molecule has 0 saturated carbocycles. The van der Waals surface area contributed by atoms with E-state index in [1.54, 1.807) is 12.3 Å². The van der Waals surface area contributed by atoms with Crippen LogP contribution in [0.15, 0.2) is 59.7 Å². The fourth-order valence-corrected chi connectivity index (χ4v) is 3.18. The lowest BCUT2D eigenvalue weighted by Gasteiger charge is -1.98. The third-order valence-corrected chi connectivity index (χ3v) is 4.78. The summed E-state index contributed by atoms with van der Waals surface area (Å²) in [6.07, 6.45) is 2.65. The molecule has 4 rings (SSSR count). The second kappa shape index (κ2) is 7.52. The third kappa shape index (κ3) is 3.44. The van der Waals surface area contributed by atoms with E-state index in [0.717, 1.165) is 39.8 Å². The van der Waals surface area contributed by atoms with E-state index in [1.807, 2.05) is 43.3 Å². The number of para-hydroxylation sites is 1. The summed E-state index contributed by atoms with van der Waals surface area (Å²) in [4.78, 5) is 15.7. The molecule has 0 spiro atoms. The molecule has 140 valence electrons. The van der Waals surface area contributed by atoms with Gasteiger partial charge in [0, 0.05) is 27.7 Å². The molecular formula is C22H21N5O. The van der Waals surface area contributed by atoms with Crippen molar-refractivity contribution in [3.05, 3.63) is 77.1 Å². The average molecular weight is 371 g/mol. The number of aromatic amines is 2. The standard InChI is InChI=1S/C22H21N5O/c1-3-15-8-10-16(11-9-15)20-12-21(26-25-20)22(28)27-23-13-18-14(2)24-19-7-5-4-6-17(18)19/h4-13,24H,3H2,1-2H3,(H,25,26)(H,27,28)/b23-13+. The lowest BCUT2D eigenvalue weighted by molar-refractivity contribution is 0.0950. The summed E-state index contributed by atoms with van der Waals surface area (Å²) in [7, 11) is 0. The number of carbonyl (C=O) groups is 1. The molecule has 2 heterocycles. The zero-order valence-corrected chi connectivity index (χ0v) is 15.8. The van der Waals surface area contributed by atoms with Crippen molar-refractivity contribution in [2.24, 2.45) is 5.10 Å². The number of fused-ring (bicyclic) bond motifs is 1. The third-order valence-electron chi connectivity index (χ3n) is 4.78. The molecule has 2 aromatic carbocycles. The SMILES string of the molecule is CCc1ccc(-c2cc(C(=O)N/N=C/c3c(C)[nH]c4ccccc34)[nH]n2)cc1. The Bertz CT molecular complexity index is 1150. The van der Waals surface area contributed by atoms with Gasteiger partial charge < -0.3 is 4.98 Å². The fraction of sp³-hybridized carbons (Fsp3) is 0.136. The Hall–Kier alpha value is -3.67. The molecule has 3 N–H and O–H groups in total. The van der Waals surface area contributed by atoms with Crippen LogP contribution in [0.4, 0.5) is 0 Å². The Kier molecular flexibility index (Phi) is 4.76. The molecule has 0 atom stereocenters. The number of amides is 1. The van der Waals surface area contributed by atoms with Crippen LogP contribution in [0.1, 0.15) is 34.2 Å². The minimum Gasteiger partial charge on any atom is -0.358 e. The summed E-state index contributed by atoms with van der Waals surface area (Å²) < 4.78 is 0. The Morgan fingerprint density at radius 3 is 2.75 bits per heavy atom. The summed E-state index contributed by atoms with van der Waals surface area (Å²) >= 11 is 0. The van der Waals surface area contributed by atoms with E-state index < -0.39 is 0 Å². The zero-order valence-electron chi connectivity index (χ0n) is 15.8. The summed E-state index contributed by atoms with van der Waals surface area (Å²) in [5, 5.41) is 12.2. The molecule has 28 heavy (non-hydrogen) atoms. The lowest BCUT2D eigenvalue weighted by atomic mass is 10.1. The van der Waals surface area contributed by atoms with Gasteiger partial charge in [-0.15, -0.1) is 0 Å². The number of rotatable bonds is 5. The number of nitrogens with one attached hydrogen (secondary N) is 3. The molecule has 0 aliphatic heterocycles. The van der Waals surface area contributed by atoms with E-state index in [4.69, 9.17) is 0 Å². The van der Waals surface area contributed by atoms with Crippen LogP contribution in [0.25, 0.3) is 22.2 Å². The highest BCUT2D eigenvalue weighted by Crippen LogP contribution is 2.20. The normalized spacial score (nSPS) is 11.4. The van der Waals surface area contributed by atoms with Crippen LogP contribution in [0.5, 0.6) is 0 Å². The maximum atomic E-state index is 12.4. The molecule has 0 unspecified atom stereocenters. The van der Waals surface area contributed by atoms with Gasteiger partial charge in [-0.25, -0.2) is 5.43 Å². The average Bonchev–Trinajstić information content (AvgIpc) is 3.33. The highest BCUT2D eigenvalue weighted by molar-refractivity contribution is 6.01. The quantitative estimate of drug-likeness (QED) is 0.363. The molecule has 0 radical (unpaired) electrons. The number of hydrazone groups is 1. The molecule has 0 aliphatic rings. The van der Waals surface area contributed by atoms with Gasteiger partial charge in [0.2, 0.25) is 0 Å². The van der Waals surface area contributed by atoms with Gasteiger partial charge in [-0.3, -0.25) is 9.89 Å². The van der Waals surface area contributed by atoms with Gasteiger partial charge in [0.15, 0.2) is 0 Å². The minimum absolute atomic E-state index is 0.335. The zero-order chi connectivity index (χ0) is 19.5. The summed E-state index contributed by atoms with van der Waals surface area (Å²) in [6.45, 7) is 4.10. The van der Waals surface area contributed by atoms with Gasteiger partial charge in [-0.05, 0) is 31.0 Å².